The molecule has 0 atom stereocenters. The van der Waals surface area contributed by atoms with Gasteiger partial charge in [-0.25, -0.2) is 0 Å². The molecule has 1 aromatic carbocycles. The normalized spacial score (nSPS) is 17.6. The molecule has 17 heavy (non-hydrogen) atoms. The van der Waals surface area contributed by atoms with Crippen LogP contribution in [0.5, 0.6) is 0 Å². The fourth-order valence-corrected chi connectivity index (χ4v) is 1.82. The van der Waals surface area contributed by atoms with E-state index in [4.69, 9.17) is 4.55 Å². The molecule has 0 unspecified atom stereocenters. The molecule has 0 radical (unpaired) electrons. The van der Waals surface area contributed by atoms with Crippen LogP contribution in [-0.4, -0.2) is 26.1 Å². The smallest absolute Gasteiger partial charge is 0.294 e. The number of aryl methyl sites for hydroxylation is 1. The van der Waals surface area contributed by atoms with E-state index >= 15 is 0 Å². The molecule has 2 rings (SSSR count). The summed E-state index contributed by atoms with van der Waals surface area (Å²) in [4.78, 5) is -0.0666. The first kappa shape index (κ1) is 14.2. The number of benzene rings is 1. The Bertz CT molecular complexity index is 457. The van der Waals surface area contributed by atoms with Gasteiger partial charge in [-0.1, -0.05) is 31.5 Å². The van der Waals surface area contributed by atoms with E-state index in [1.165, 1.54) is 25.2 Å². The van der Waals surface area contributed by atoms with Gasteiger partial charge in [0.2, 0.25) is 0 Å². The molecule has 1 saturated heterocycles. The summed E-state index contributed by atoms with van der Waals surface area (Å²) in [6.07, 6.45) is 0. The third-order valence-corrected chi connectivity index (χ3v) is 3.39. The van der Waals surface area contributed by atoms with E-state index in [2.05, 4.69) is 19.2 Å². The van der Waals surface area contributed by atoms with Crippen LogP contribution in [-0.2, 0) is 10.1 Å². The van der Waals surface area contributed by atoms with Crippen molar-refractivity contribution in [1.82, 2.24) is 5.32 Å². The summed E-state index contributed by atoms with van der Waals surface area (Å²) in [6, 6.07) is 5.99. The lowest BCUT2D eigenvalue weighted by Crippen LogP contribution is -2.49. The zero-order valence-corrected chi connectivity index (χ0v) is 11.2. The first-order valence-electron chi connectivity index (χ1n) is 5.46. The van der Waals surface area contributed by atoms with Crippen LogP contribution in [0.4, 0.5) is 0 Å². The summed E-state index contributed by atoms with van der Waals surface area (Å²) in [6.45, 7) is 8.78. The first-order chi connectivity index (χ1) is 7.71. The minimum Gasteiger partial charge on any atom is -0.316 e. The molecule has 2 N–H and O–H groups in total. The fourth-order valence-electron chi connectivity index (χ4n) is 1.34. The Kier molecular flexibility index (Phi) is 4.30. The predicted octanol–water partition coefficient (Wildman–Crippen LogP) is 1.86. The van der Waals surface area contributed by atoms with E-state index < -0.39 is 10.1 Å². The second-order valence-corrected chi connectivity index (χ2v) is 6.48. The summed E-state index contributed by atoms with van der Waals surface area (Å²) in [5.74, 6) is 0. The van der Waals surface area contributed by atoms with E-state index in [9.17, 15) is 8.42 Å². The van der Waals surface area contributed by atoms with Crippen molar-refractivity contribution in [2.45, 2.75) is 25.7 Å². The van der Waals surface area contributed by atoms with Crippen molar-refractivity contribution in [3.63, 3.8) is 0 Å². The van der Waals surface area contributed by atoms with Crippen molar-refractivity contribution >= 4 is 10.1 Å². The molecule has 1 heterocycles. The molecular formula is C12H19NO3S. The van der Waals surface area contributed by atoms with E-state index in [-0.39, 0.29) is 4.90 Å². The van der Waals surface area contributed by atoms with Crippen LogP contribution in [0.2, 0.25) is 0 Å². The predicted molar refractivity (Wildman–Crippen MR) is 67.6 cm³/mol. The lowest BCUT2D eigenvalue weighted by atomic mass is 9.87. The van der Waals surface area contributed by atoms with Crippen molar-refractivity contribution in [2.75, 3.05) is 13.1 Å². The van der Waals surface area contributed by atoms with Gasteiger partial charge in [-0.15, -0.1) is 0 Å². The average Bonchev–Trinajstić information content (AvgIpc) is 2.16. The largest absolute Gasteiger partial charge is 0.316 e. The molecule has 0 amide bonds. The maximum absolute atomic E-state index is 10.5. The van der Waals surface area contributed by atoms with E-state index in [1.807, 2.05) is 6.92 Å². The molecule has 0 saturated carbocycles. The highest BCUT2D eigenvalue weighted by Crippen LogP contribution is 2.18. The van der Waals surface area contributed by atoms with E-state index in [1.54, 1.807) is 12.1 Å². The van der Waals surface area contributed by atoms with Gasteiger partial charge in [0, 0.05) is 13.1 Å². The molecule has 1 aliphatic heterocycles. The second kappa shape index (κ2) is 5.16. The lowest BCUT2D eigenvalue weighted by molar-refractivity contribution is 0.226. The van der Waals surface area contributed by atoms with Crippen LogP contribution in [0.1, 0.15) is 19.4 Å². The van der Waals surface area contributed by atoms with Crippen LogP contribution < -0.4 is 5.32 Å². The van der Waals surface area contributed by atoms with Gasteiger partial charge in [0.05, 0.1) is 4.90 Å². The molecule has 0 aromatic heterocycles. The molecule has 5 heteroatoms. The van der Waals surface area contributed by atoms with Crippen LogP contribution >= 0.6 is 0 Å². The Balaban J connectivity index is 0.000000202. The average molecular weight is 257 g/mol. The van der Waals surface area contributed by atoms with Gasteiger partial charge in [0.15, 0.2) is 0 Å². The number of hydrogen-bond donors (Lipinski definition) is 2. The van der Waals surface area contributed by atoms with Crippen molar-refractivity contribution in [3.05, 3.63) is 29.8 Å². The molecule has 0 aliphatic carbocycles. The van der Waals surface area contributed by atoms with Crippen molar-refractivity contribution in [3.8, 4) is 0 Å². The molecule has 4 nitrogen and oxygen atoms in total. The molecule has 0 bridgehead atoms. The van der Waals surface area contributed by atoms with Crippen LogP contribution in [0.15, 0.2) is 29.2 Å². The molecule has 0 spiro atoms. The minimum atomic E-state index is -4.02. The summed E-state index contributed by atoms with van der Waals surface area (Å²) in [7, 11) is -4.02. The zero-order chi connectivity index (χ0) is 13.1. The quantitative estimate of drug-likeness (QED) is 0.754. The lowest BCUT2D eigenvalue weighted by Gasteiger charge is -2.35. The zero-order valence-electron chi connectivity index (χ0n) is 10.4. The number of nitrogens with one attached hydrogen (secondary N) is 1. The Morgan fingerprint density at radius 2 is 1.59 bits per heavy atom. The number of hydrogen-bond acceptors (Lipinski definition) is 3. The van der Waals surface area contributed by atoms with Gasteiger partial charge in [0.1, 0.15) is 0 Å². The minimum absolute atomic E-state index is 0.0666. The maximum Gasteiger partial charge on any atom is 0.294 e. The maximum atomic E-state index is 10.5. The second-order valence-electron chi connectivity index (χ2n) is 5.06. The molecule has 1 aliphatic rings. The van der Waals surface area contributed by atoms with Crippen molar-refractivity contribution in [2.24, 2.45) is 5.41 Å². The highest BCUT2D eigenvalue weighted by molar-refractivity contribution is 7.85. The molecule has 96 valence electrons. The van der Waals surface area contributed by atoms with Gasteiger partial charge < -0.3 is 5.32 Å². The molecular weight excluding hydrogens is 238 g/mol. The van der Waals surface area contributed by atoms with Gasteiger partial charge in [0.25, 0.3) is 10.1 Å². The highest BCUT2D eigenvalue weighted by Gasteiger charge is 2.24. The Morgan fingerprint density at radius 3 is 1.82 bits per heavy atom. The van der Waals surface area contributed by atoms with Crippen LogP contribution in [0, 0.1) is 12.3 Å². The van der Waals surface area contributed by atoms with Gasteiger partial charge in [-0.3, -0.25) is 4.55 Å². The standard InChI is InChI=1S/C7H8O3S.C5H11N/c1-6-2-4-7(5-3-6)11(8,9)10;1-5(2)3-6-4-5/h2-5H,1H3,(H,8,9,10);6H,3-4H2,1-2H3. The molecule has 1 aromatic rings. The summed E-state index contributed by atoms with van der Waals surface area (Å²) in [5.41, 5.74) is 1.57. The summed E-state index contributed by atoms with van der Waals surface area (Å²) < 4.78 is 29.6. The van der Waals surface area contributed by atoms with Crippen molar-refractivity contribution < 1.29 is 13.0 Å². The highest BCUT2D eigenvalue weighted by atomic mass is 32.2. The van der Waals surface area contributed by atoms with Crippen molar-refractivity contribution in [1.29, 1.82) is 0 Å². The third kappa shape index (κ3) is 4.85. The van der Waals surface area contributed by atoms with Gasteiger partial charge >= 0.3 is 0 Å². The number of rotatable bonds is 1. The summed E-state index contributed by atoms with van der Waals surface area (Å²) in [5, 5.41) is 3.20. The first-order valence-corrected chi connectivity index (χ1v) is 6.90. The Labute approximate surface area is 103 Å². The van der Waals surface area contributed by atoms with Crippen LogP contribution in [0.25, 0.3) is 0 Å². The van der Waals surface area contributed by atoms with E-state index in [0.717, 1.165) is 5.56 Å². The SMILES string of the molecule is CC1(C)CNC1.Cc1ccc(S(=O)(=O)O)cc1. The third-order valence-electron chi connectivity index (χ3n) is 2.53. The van der Waals surface area contributed by atoms with Gasteiger partial charge in [-0.2, -0.15) is 8.42 Å². The monoisotopic (exact) mass is 257 g/mol. The van der Waals surface area contributed by atoms with Gasteiger partial charge in [-0.05, 0) is 24.5 Å². The molecule has 1 fully saturated rings. The topological polar surface area (TPSA) is 66.4 Å². The van der Waals surface area contributed by atoms with Crippen LogP contribution in [0.3, 0.4) is 0 Å². The fraction of sp³-hybridized carbons (Fsp3) is 0.500. The summed E-state index contributed by atoms with van der Waals surface area (Å²) >= 11 is 0. The Morgan fingerprint density at radius 1 is 1.18 bits per heavy atom. The van der Waals surface area contributed by atoms with E-state index in [0.29, 0.717) is 5.41 Å². The Hall–Kier alpha value is -0.910.